The molecule has 10 nitrogen and oxygen atoms in total. The molecule has 37 heavy (non-hydrogen) atoms. The van der Waals surface area contributed by atoms with Gasteiger partial charge in [0.1, 0.15) is 29.2 Å². The molecular weight excluding hydrogens is 478 g/mol. The maximum Gasteiger partial charge on any atom is 0.408 e. The molecule has 0 saturated heterocycles. The van der Waals surface area contributed by atoms with Crippen LogP contribution in [-0.4, -0.2) is 64.9 Å². The van der Waals surface area contributed by atoms with Gasteiger partial charge in [-0.3, -0.25) is 9.59 Å². The maximum absolute atomic E-state index is 13.7. The Bertz CT molecular complexity index is 1050. The number of hydrogen-bond acceptors (Lipinski definition) is 7. The van der Waals surface area contributed by atoms with Crippen molar-refractivity contribution >= 4 is 23.6 Å². The van der Waals surface area contributed by atoms with E-state index < -0.39 is 42.2 Å². The average Bonchev–Trinajstić information content (AvgIpc) is 2.84. The van der Waals surface area contributed by atoms with Gasteiger partial charge >= 0.3 is 6.09 Å². The first-order valence-electron chi connectivity index (χ1n) is 12.1. The number of aromatic hydroxyl groups is 1. The molecule has 0 aliphatic rings. The fourth-order valence-corrected chi connectivity index (χ4v) is 3.58. The first-order chi connectivity index (χ1) is 17.5. The number of unbranched alkanes of at least 4 members (excludes halogenated alkanes) is 1. The number of carbonyl (C=O) groups is 3. The van der Waals surface area contributed by atoms with Gasteiger partial charge in [-0.2, -0.15) is 0 Å². The Kier molecular flexibility index (Phi) is 10.7. The van der Waals surface area contributed by atoms with Crippen molar-refractivity contribution in [2.75, 3.05) is 25.6 Å². The highest BCUT2D eigenvalue weighted by Crippen LogP contribution is 2.27. The van der Waals surface area contributed by atoms with E-state index in [1.165, 1.54) is 24.1 Å². The minimum atomic E-state index is -1.35. The summed E-state index contributed by atoms with van der Waals surface area (Å²) in [5.41, 5.74) is 0.0334. The lowest BCUT2D eigenvalue weighted by Crippen LogP contribution is -2.54. The minimum absolute atomic E-state index is 0.0757. The number of alkyl carbamates (subject to hydrolysis) is 1. The van der Waals surface area contributed by atoms with Gasteiger partial charge in [-0.25, -0.2) is 4.79 Å². The van der Waals surface area contributed by atoms with Crippen LogP contribution in [0.15, 0.2) is 48.5 Å². The van der Waals surface area contributed by atoms with Crippen LogP contribution in [0, 0.1) is 0 Å². The fraction of sp³-hybridized carbons (Fsp3) is 0.444. The molecular formula is C27H37N3O7. The van der Waals surface area contributed by atoms with E-state index >= 15 is 0 Å². The predicted octanol–water partition coefficient (Wildman–Crippen LogP) is 3.59. The Balaban J connectivity index is 2.44. The molecule has 0 aliphatic carbocycles. The lowest BCUT2D eigenvalue weighted by Gasteiger charge is -2.34. The molecule has 2 unspecified atom stereocenters. The zero-order valence-electron chi connectivity index (χ0n) is 22.0. The van der Waals surface area contributed by atoms with Crippen molar-refractivity contribution in [2.45, 2.75) is 58.2 Å². The largest absolute Gasteiger partial charge is 0.508 e. The van der Waals surface area contributed by atoms with Gasteiger partial charge in [0.2, 0.25) is 5.91 Å². The number of nitrogens with zero attached hydrogens (tertiary/aromatic N) is 1. The Labute approximate surface area is 217 Å². The Morgan fingerprint density at radius 2 is 1.76 bits per heavy atom. The molecule has 0 aliphatic heterocycles. The highest BCUT2D eigenvalue weighted by atomic mass is 16.6. The van der Waals surface area contributed by atoms with Crippen LogP contribution in [0.4, 0.5) is 10.5 Å². The zero-order chi connectivity index (χ0) is 27.6. The van der Waals surface area contributed by atoms with Crippen molar-refractivity contribution in [2.24, 2.45) is 0 Å². The standard InChI is InChI=1S/C27H37N3O7/c1-6-7-15-30(25(34)22(17-31)29-26(35)37-27(2,3)4)23(18-9-8-10-20(32)16-18)24(33)28-19-11-13-21(36-5)14-12-19/h8-14,16,22-23,31-32H,6-7,15,17H2,1-5H3,(H,28,33)(H,29,35). The van der Waals surface area contributed by atoms with Crippen molar-refractivity contribution in [1.82, 2.24) is 10.2 Å². The summed E-state index contributed by atoms with van der Waals surface area (Å²) in [5, 5.41) is 25.3. The zero-order valence-corrected chi connectivity index (χ0v) is 22.0. The van der Waals surface area contributed by atoms with E-state index in [-0.39, 0.29) is 12.3 Å². The molecule has 10 heteroatoms. The summed E-state index contributed by atoms with van der Waals surface area (Å²) in [5.74, 6) is -0.663. The van der Waals surface area contributed by atoms with E-state index in [0.29, 0.717) is 23.4 Å². The van der Waals surface area contributed by atoms with Gasteiger partial charge in [0.15, 0.2) is 0 Å². The van der Waals surface area contributed by atoms with Gasteiger partial charge in [-0.05, 0) is 69.2 Å². The smallest absolute Gasteiger partial charge is 0.408 e. The van der Waals surface area contributed by atoms with Crippen LogP contribution < -0.4 is 15.4 Å². The molecule has 2 aromatic carbocycles. The molecule has 0 bridgehead atoms. The number of hydrogen-bond donors (Lipinski definition) is 4. The first kappa shape index (κ1) is 29.4. The average molecular weight is 516 g/mol. The lowest BCUT2D eigenvalue weighted by molar-refractivity contribution is -0.141. The van der Waals surface area contributed by atoms with Crippen LogP contribution in [0.3, 0.4) is 0 Å². The van der Waals surface area contributed by atoms with Crippen molar-refractivity contribution in [3.63, 3.8) is 0 Å². The molecule has 0 radical (unpaired) electrons. The normalized spacial score (nSPS) is 12.7. The van der Waals surface area contributed by atoms with Crippen molar-refractivity contribution in [3.8, 4) is 11.5 Å². The maximum atomic E-state index is 13.7. The van der Waals surface area contributed by atoms with Crippen LogP contribution in [0.2, 0.25) is 0 Å². The van der Waals surface area contributed by atoms with Gasteiger partial charge in [-0.15, -0.1) is 0 Å². The Hall–Kier alpha value is -3.79. The van der Waals surface area contributed by atoms with E-state index in [1.54, 1.807) is 57.2 Å². The summed E-state index contributed by atoms with van der Waals surface area (Å²) in [7, 11) is 1.53. The van der Waals surface area contributed by atoms with Gasteiger partial charge in [-0.1, -0.05) is 25.5 Å². The molecule has 3 amide bonds. The minimum Gasteiger partial charge on any atom is -0.508 e. The number of anilines is 1. The van der Waals surface area contributed by atoms with E-state index in [0.717, 1.165) is 6.42 Å². The molecule has 202 valence electrons. The van der Waals surface area contributed by atoms with Crippen molar-refractivity contribution in [1.29, 1.82) is 0 Å². The monoisotopic (exact) mass is 515 g/mol. The second-order valence-corrected chi connectivity index (χ2v) is 9.48. The van der Waals surface area contributed by atoms with Crippen LogP contribution in [0.5, 0.6) is 11.5 Å². The molecule has 2 atom stereocenters. The van der Waals surface area contributed by atoms with Crippen molar-refractivity contribution in [3.05, 3.63) is 54.1 Å². The first-order valence-corrected chi connectivity index (χ1v) is 12.1. The number of phenolic OH excluding ortho intramolecular Hbond substituents is 1. The third-order valence-electron chi connectivity index (χ3n) is 5.31. The molecule has 0 aromatic heterocycles. The van der Waals surface area contributed by atoms with Crippen LogP contribution in [-0.2, 0) is 14.3 Å². The summed E-state index contributed by atoms with van der Waals surface area (Å²) in [4.78, 5) is 40.9. The summed E-state index contributed by atoms with van der Waals surface area (Å²) in [6.45, 7) is 6.43. The second kappa shape index (κ2) is 13.5. The molecule has 0 spiro atoms. The predicted molar refractivity (Wildman–Crippen MR) is 139 cm³/mol. The highest BCUT2D eigenvalue weighted by Gasteiger charge is 2.36. The third-order valence-corrected chi connectivity index (χ3v) is 5.31. The molecule has 2 aromatic rings. The molecule has 0 heterocycles. The van der Waals surface area contributed by atoms with Crippen molar-refractivity contribution < 1.29 is 34.1 Å². The topological polar surface area (TPSA) is 137 Å². The van der Waals surface area contributed by atoms with Gasteiger partial charge in [0.25, 0.3) is 5.91 Å². The summed E-state index contributed by atoms with van der Waals surface area (Å²) in [6, 6.07) is 10.2. The van der Waals surface area contributed by atoms with E-state index in [2.05, 4.69) is 10.6 Å². The number of nitrogens with one attached hydrogen (secondary N) is 2. The molecule has 0 saturated carbocycles. The van der Waals surface area contributed by atoms with E-state index in [4.69, 9.17) is 9.47 Å². The molecule has 2 rings (SSSR count). The van der Waals surface area contributed by atoms with Crippen LogP contribution in [0.1, 0.15) is 52.1 Å². The van der Waals surface area contributed by atoms with Gasteiger partial charge in [0.05, 0.1) is 13.7 Å². The number of aliphatic hydroxyl groups is 1. The molecule has 4 N–H and O–H groups in total. The second-order valence-electron chi connectivity index (χ2n) is 9.48. The number of amides is 3. The number of benzene rings is 2. The number of ether oxygens (including phenoxy) is 2. The third kappa shape index (κ3) is 8.98. The number of rotatable bonds is 11. The number of aliphatic hydroxyl groups excluding tert-OH is 1. The van der Waals surface area contributed by atoms with Crippen LogP contribution >= 0.6 is 0 Å². The SMILES string of the molecule is CCCCN(C(=O)C(CO)NC(=O)OC(C)(C)C)C(C(=O)Nc1ccc(OC)cc1)c1cccc(O)c1. The quantitative estimate of drug-likeness (QED) is 0.359. The van der Waals surface area contributed by atoms with E-state index in [9.17, 15) is 24.6 Å². The van der Waals surface area contributed by atoms with E-state index in [1.807, 2.05) is 6.92 Å². The number of phenols is 1. The number of carbonyl (C=O) groups excluding carboxylic acids is 3. The number of methoxy groups -OCH3 is 1. The Morgan fingerprint density at radius 3 is 2.30 bits per heavy atom. The van der Waals surface area contributed by atoms with Crippen LogP contribution in [0.25, 0.3) is 0 Å². The Morgan fingerprint density at radius 1 is 1.08 bits per heavy atom. The highest BCUT2D eigenvalue weighted by molar-refractivity contribution is 5.99. The fourth-order valence-electron chi connectivity index (χ4n) is 3.58. The summed E-state index contributed by atoms with van der Waals surface area (Å²) in [6.07, 6.45) is 0.411. The lowest BCUT2D eigenvalue weighted by atomic mass is 10.0. The molecule has 0 fully saturated rings. The summed E-state index contributed by atoms with van der Waals surface area (Å²) < 4.78 is 10.4. The van der Waals surface area contributed by atoms with Gasteiger partial charge in [0, 0.05) is 12.2 Å². The van der Waals surface area contributed by atoms with Gasteiger partial charge < -0.3 is 35.2 Å². The summed E-state index contributed by atoms with van der Waals surface area (Å²) >= 11 is 0.